The molecule has 5 rings (SSSR count). The first-order valence-corrected chi connectivity index (χ1v) is 8.00. The predicted octanol–water partition coefficient (Wildman–Crippen LogP) is 3.45. The molecule has 1 aromatic rings. The van der Waals surface area contributed by atoms with Gasteiger partial charge in [-0.3, -0.25) is 0 Å². The zero-order valence-corrected chi connectivity index (χ0v) is 12.0. The number of nitrogens with two attached hydrogens (primary N) is 1. The summed E-state index contributed by atoms with van der Waals surface area (Å²) in [5.41, 5.74) is 8.56. The Balaban J connectivity index is 1.76. The van der Waals surface area contributed by atoms with Crippen molar-refractivity contribution in [2.45, 2.75) is 50.9 Å². The molecule has 3 N–H and O–H groups in total. The lowest BCUT2D eigenvalue weighted by molar-refractivity contribution is -0.0990. The first kappa shape index (κ1) is 12.0. The van der Waals surface area contributed by atoms with Crippen LogP contribution >= 0.6 is 0 Å². The van der Waals surface area contributed by atoms with Crippen molar-refractivity contribution >= 4 is 0 Å². The van der Waals surface area contributed by atoms with E-state index in [1.165, 1.54) is 44.2 Å². The lowest BCUT2D eigenvalue weighted by Crippen LogP contribution is -2.57. The topological polar surface area (TPSA) is 41.8 Å². The van der Waals surface area contributed by atoms with Crippen LogP contribution in [0.3, 0.4) is 0 Å². The summed E-state index contributed by atoms with van der Waals surface area (Å²) in [5, 5.41) is 0. The van der Waals surface area contributed by atoms with Crippen LogP contribution < -0.4 is 5.73 Å². The van der Waals surface area contributed by atoms with E-state index in [0.29, 0.717) is 16.7 Å². The summed E-state index contributed by atoms with van der Waals surface area (Å²) in [6.45, 7) is 3.26. The van der Waals surface area contributed by atoms with E-state index in [1.54, 1.807) is 0 Å². The minimum atomic E-state index is 0.455. The average molecular weight is 258 g/mol. The van der Waals surface area contributed by atoms with E-state index in [9.17, 15) is 0 Å². The van der Waals surface area contributed by atoms with Crippen LogP contribution in [0.25, 0.3) is 0 Å². The molecule has 0 saturated heterocycles. The monoisotopic (exact) mass is 258 g/mol. The van der Waals surface area contributed by atoms with Gasteiger partial charge in [-0.1, -0.05) is 6.92 Å². The maximum absolute atomic E-state index is 6.05. The van der Waals surface area contributed by atoms with E-state index < -0.39 is 0 Å². The normalized spacial score (nSPS) is 45.6. The fourth-order valence-electron chi connectivity index (χ4n) is 6.14. The van der Waals surface area contributed by atoms with Crippen LogP contribution in [-0.4, -0.2) is 11.5 Å². The van der Waals surface area contributed by atoms with Crippen LogP contribution in [0.2, 0.25) is 0 Å². The lowest BCUT2D eigenvalue weighted by atomic mass is 9.41. The molecule has 0 radical (unpaired) electrons. The molecule has 104 valence electrons. The van der Waals surface area contributed by atoms with Gasteiger partial charge in [0.05, 0.1) is 0 Å². The molecule has 2 heteroatoms. The van der Waals surface area contributed by atoms with Crippen molar-refractivity contribution in [1.29, 1.82) is 0 Å². The highest BCUT2D eigenvalue weighted by Gasteiger charge is 2.59. The van der Waals surface area contributed by atoms with E-state index >= 15 is 0 Å². The third kappa shape index (κ3) is 1.59. The number of hydrogen-bond donors (Lipinski definition) is 2. The van der Waals surface area contributed by atoms with Gasteiger partial charge in [0, 0.05) is 17.3 Å². The van der Waals surface area contributed by atoms with E-state index in [1.807, 2.05) is 0 Å². The Morgan fingerprint density at radius 1 is 1.32 bits per heavy atom. The fourth-order valence-corrected chi connectivity index (χ4v) is 6.14. The van der Waals surface area contributed by atoms with Gasteiger partial charge in [-0.05, 0) is 80.4 Å². The molecule has 0 aliphatic heterocycles. The van der Waals surface area contributed by atoms with Gasteiger partial charge in [0.15, 0.2) is 0 Å². The molecular weight excluding hydrogens is 232 g/mol. The maximum Gasteiger partial charge on any atom is 0.0210 e. The van der Waals surface area contributed by atoms with E-state index in [2.05, 4.69) is 30.2 Å². The molecular formula is C17H26N2. The first-order valence-electron chi connectivity index (χ1n) is 8.00. The Labute approximate surface area is 116 Å². The summed E-state index contributed by atoms with van der Waals surface area (Å²) in [6, 6.07) is 4.50. The molecule has 19 heavy (non-hydrogen) atoms. The van der Waals surface area contributed by atoms with Crippen LogP contribution in [0.4, 0.5) is 0 Å². The van der Waals surface area contributed by atoms with Gasteiger partial charge < -0.3 is 10.7 Å². The number of aromatic nitrogens is 1. The van der Waals surface area contributed by atoms with E-state index in [0.717, 1.165) is 18.4 Å². The van der Waals surface area contributed by atoms with Gasteiger partial charge in [-0.25, -0.2) is 0 Å². The SMILES string of the molecule is CC(CN)C12CC3CC(CC(c4ccc[nH]4)(C3)C1)C2. The minimum Gasteiger partial charge on any atom is -0.365 e. The zero-order chi connectivity index (χ0) is 13.1. The molecule has 0 aromatic carbocycles. The van der Waals surface area contributed by atoms with Gasteiger partial charge >= 0.3 is 0 Å². The Hall–Kier alpha value is -0.760. The molecule has 3 atom stereocenters. The zero-order valence-electron chi connectivity index (χ0n) is 12.0. The summed E-state index contributed by atoms with van der Waals surface area (Å²) >= 11 is 0. The molecule has 4 bridgehead atoms. The van der Waals surface area contributed by atoms with Crippen molar-refractivity contribution in [1.82, 2.24) is 4.98 Å². The van der Waals surface area contributed by atoms with Crippen molar-refractivity contribution < 1.29 is 0 Å². The molecule has 4 aliphatic carbocycles. The predicted molar refractivity (Wildman–Crippen MR) is 77.8 cm³/mol. The highest BCUT2D eigenvalue weighted by atomic mass is 14.8. The highest BCUT2D eigenvalue weighted by molar-refractivity contribution is 5.25. The Bertz CT molecular complexity index is 448. The quantitative estimate of drug-likeness (QED) is 0.856. The second-order valence-electron chi connectivity index (χ2n) is 7.82. The van der Waals surface area contributed by atoms with Gasteiger partial charge in [0.25, 0.3) is 0 Å². The summed E-state index contributed by atoms with van der Waals surface area (Å²) in [7, 11) is 0. The van der Waals surface area contributed by atoms with Crippen LogP contribution in [0.5, 0.6) is 0 Å². The largest absolute Gasteiger partial charge is 0.365 e. The van der Waals surface area contributed by atoms with Crippen molar-refractivity contribution in [2.75, 3.05) is 6.54 Å². The molecule has 4 fully saturated rings. The van der Waals surface area contributed by atoms with Gasteiger partial charge in [0.1, 0.15) is 0 Å². The molecule has 4 aliphatic rings. The van der Waals surface area contributed by atoms with Crippen LogP contribution in [0.15, 0.2) is 18.3 Å². The average Bonchev–Trinajstić information content (AvgIpc) is 2.90. The second kappa shape index (κ2) is 3.88. The third-order valence-corrected chi connectivity index (χ3v) is 6.67. The summed E-state index contributed by atoms with van der Waals surface area (Å²) < 4.78 is 0. The summed E-state index contributed by atoms with van der Waals surface area (Å²) in [6.07, 6.45) is 10.7. The smallest absolute Gasteiger partial charge is 0.0210 e. The summed E-state index contributed by atoms with van der Waals surface area (Å²) in [5.74, 6) is 2.60. The molecule has 1 heterocycles. The molecule has 0 amide bonds. The molecule has 1 aromatic heterocycles. The van der Waals surface area contributed by atoms with Gasteiger partial charge in [-0.15, -0.1) is 0 Å². The van der Waals surface area contributed by atoms with E-state index in [-0.39, 0.29) is 0 Å². The minimum absolute atomic E-state index is 0.455. The number of H-pyrrole nitrogens is 1. The van der Waals surface area contributed by atoms with Crippen LogP contribution in [0.1, 0.15) is 51.1 Å². The van der Waals surface area contributed by atoms with Crippen molar-refractivity contribution in [3.63, 3.8) is 0 Å². The molecule has 3 unspecified atom stereocenters. The third-order valence-electron chi connectivity index (χ3n) is 6.67. The Morgan fingerprint density at radius 2 is 2.05 bits per heavy atom. The van der Waals surface area contributed by atoms with Crippen molar-refractivity contribution in [3.05, 3.63) is 24.0 Å². The first-order chi connectivity index (χ1) is 9.16. The van der Waals surface area contributed by atoms with Crippen LogP contribution in [0, 0.1) is 23.2 Å². The molecule has 2 nitrogen and oxygen atoms in total. The maximum atomic E-state index is 6.05. The number of rotatable bonds is 3. The fraction of sp³-hybridized carbons (Fsp3) is 0.765. The number of aromatic amines is 1. The Morgan fingerprint density at radius 3 is 2.63 bits per heavy atom. The Kier molecular flexibility index (Phi) is 2.45. The van der Waals surface area contributed by atoms with Crippen LogP contribution in [-0.2, 0) is 5.41 Å². The molecule has 0 spiro atoms. The van der Waals surface area contributed by atoms with Gasteiger partial charge in [0.2, 0.25) is 0 Å². The molecule has 4 saturated carbocycles. The van der Waals surface area contributed by atoms with E-state index in [4.69, 9.17) is 5.73 Å². The number of nitrogens with one attached hydrogen (secondary N) is 1. The highest BCUT2D eigenvalue weighted by Crippen LogP contribution is 2.67. The van der Waals surface area contributed by atoms with Crippen molar-refractivity contribution in [2.24, 2.45) is 28.9 Å². The van der Waals surface area contributed by atoms with Crippen molar-refractivity contribution in [3.8, 4) is 0 Å². The summed E-state index contributed by atoms with van der Waals surface area (Å²) in [4.78, 5) is 3.54. The number of hydrogen-bond acceptors (Lipinski definition) is 1. The standard InChI is InChI=1S/C17H26N2/c1-12(10-18)16-6-13-5-14(7-16)9-17(8-13,11-16)15-3-2-4-19-15/h2-4,12-14,19H,5-11,18H2,1H3. The van der Waals surface area contributed by atoms with Gasteiger partial charge in [-0.2, -0.15) is 0 Å². The second-order valence-corrected chi connectivity index (χ2v) is 7.82. The lowest BCUT2D eigenvalue weighted by Gasteiger charge is -2.64.